The molecule has 0 aromatic heterocycles. The number of hydrogen-bond acceptors (Lipinski definition) is 4. The fraction of sp³-hybridized carbons (Fsp3) is 0.500. The smallest absolute Gasteiger partial charge is 0.244 e. The lowest BCUT2D eigenvalue weighted by molar-refractivity contribution is 0.135. The van der Waals surface area contributed by atoms with E-state index in [4.69, 9.17) is 5.26 Å². The van der Waals surface area contributed by atoms with Crippen molar-refractivity contribution in [2.24, 2.45) is 0 Å². The molecule has 1 fully saturated rings. The highest BCUT2D eigenvalue weighted by atomic mass is 32.2. The third-order valence-electron chi connectivity index (χ3n) is 3.84. The standard InChI is InChI=1S/C14H18FN3O2S/c1-3-17-7-8-18(10-11(17)2)21(19,20)14-6-4-5-13(15)12(14)9-16/h4-6,11H,3,7-8,10H2,1-2H3. The van der Waals surface area contributed by atoms with Gasteiger partial charge in [-0.25, -0.2) is 12.8 Å². The molecular weight excluding hydrogens is 293 g/mol. The number of nitrogens with zero attached hydrogens (tertiary/aromatic N) is 3. The summed E-state index contributed by atoms with van der Waals surface area (Å²) < 4.78 is 40.3. The van der Waals surface area contributed by atoms with Crippen LogP contribution in [0.25, 0.3) is 0 Å². The van der Waals surface area contributed by atoms with E-state index in [1.165, 1.54) is 16.4 Å². The zero-order chi connectivity index (χ0) is 15.6. The third kappa shape index (κ3) is 2.93. The van der Waals surface area contributed by atoms with Crippen LogP contribution in [0.15, 0.2) is 23.1 Å². The number of rotatable bonds is 3. The molecule has 1 aromatic rings. The van der Waals surface area contributed by atoms with Crippen LogP contribution in [0.1, 0.15) is 19.4 Å². The first-order chi connectivity index (χ1) is 9.91. The summed E-state index contributed by atoms with van der Waals surface area (Å²) in [4.78, 5) is 1.94. The maximum absolute atomic E-state index is 13.6. The van der Waals surface area contributed by atoms with Gasteiger partial charge in [-0.15, -0.1) is 0 Å². The Kier molecular flexibility index (Phi) is 4.61. The maximum Gasteiger partial charge on any atom is 0.244 e. The van der Waals surface area contributed by atoms with E-state index in [-0.39, 0.29) is 10.9 Å². The van der Waals surface area contributed by atoms with Gasteiger partial charge in [-0.1, -0.05) is 13.0 Å². The van der Waals surface area contributed by atoms with Crippen LogP contribution in [0.4, 0.5) is 4.39 Å². The molecule has 0 N–H and O–H groups in total. The summed E-state index contributed by atoms with van der Waals surface area (Å²) in [7, 11) is -3.85. The Morgan fingerprint density at radius 2 is 2.14 bits per heavy atom. The van der Waals surface area contributed by atoms with Gasteiger partial charge in [-0.3, -0.25) is 4.90 Å². The molecule has 0 aliphatic carbocycles. The molecule has 7 heteroatoms. The highest BCUT2D eigenvalue weighted by Gasteiger charge is 2.33. The number of benzene rings is 1. The van der Waals surface area contributed by atoms with Crippen molar-refractivity contribution in [1.82, 2.24) is 9.21 Å². The number of likely N-dealkylation sites (N-methyl/N-ethyl adjacent to an activating group) is 1. The summed E-state index contributed by atoms with van der Waals surface area (Å²) in [5, 5.41) is 9.01. The first kappa shape index (κ1) is 15.9. The lowest BCUT2D eigenvalue weighted by Crippen LogP contribution is -2.53. The van der Waals surface area contributed by atoms with Gasteiger partial charge < -0.3 is 0 Å². The van der Waals surface area contributed by atoms with Crippen LogP contribution in [0.2, 0.25) is 0 Å². The second-order valence-corrected chi connectivity index (χ2v) is 6.97. The zero-order valence-electron chi connectivity index (χ0n) is 12.1. The molecule has 1 aliphatic heterocycles. The van der Waals surface area contributed by atoms with Gasteiger partial charge in [-0.2, -0.15) is 9.57 Å². The molecular formula is C14H18FN3O2S. The zero-order valence-corrected chi connectivity index (χ0v) is 12.9. The van der Waals surface area contributed by atoms with Crippen molar-refractivity contribution in [1.29, 1.82) is 5.26 Å². The molecule has 1 heterocycles. The normalized spacial score (nSPS) is 21.1. The average Bonchev–Trinajstić information content (AvgIpc) is 2.46. The van der Waals surface area contributed by atoms with Crippen molar-refractivity contribution < 1.29 is 12.8 Å². The molecule has 21 heavy (non-hydrogen) atoms. The van der Waals surface area contributed by atoms with Crippen molar-refractivity contribution in [3.05, 3.63) is 29.6 Å². The molecule has 5 nitrogen and oxygen atoms in total. The molecule has 1 aromatic carbocycles. The third-order valence-corrected chi connectivity index (χ3v) is 5.75. The molecule has 0 radical (unpaired) electrons. The van der Waals surface area contributed by atoms with Crippen LogP contribution in [0.3, 0.4) is 0 Å². The minimum absolute atomic E-state index is 0.0950. The van der Waals surface area contributed by atoms with Gasteiger partial charge in [0, 0.05) is 25.7 Å². The highest BCUT2D eigenvalue weighted by Crippen LogP contribution is 2.24. The number of piperazine rings is 1. The Bertz CT molecular complexity index is 669. The van der Waals surface area contributed by atoms with Crippen LogP contribution in [-0.2, 0) is 10.0 Å². The van der Waals surface area contributed by atoms with Crippen molar-refractivity contribution in [2.45, 2.75) is 24.8 Å². The highest BCUT2D eigenvalue weighted by molar-refractivity contribution is 7.89. The quantitative estimate of drug-likeness (QED) is 0.847. The van der Waals surface area contributed by atoms with E-state index in [9.17, 15) is 12.8 Å². The van der Waals surface area contributed by atoms with Crippen molar-refractivity contribution in [2.75, 3.05) is 26.2 Å². The van der Waals surface area contributed by atoms with Gasteiger partial charge in [0.05, 0.1) is 0 Å². The van der Waals surface area contributed by atoms with Crippen molar-refractivity contribution in [3.63, 3.8) is 0 Å². The van der Waals surface area contributed by atoms with E-state index in [1.54, 1.807) is 6.07 Å². The summed E-state index contributed by atoms with van der Waals surface area (Å²) in [6.07, 6.45) is 0. The number of hydrogen-bond donors (Lipinski definition) is 0. The van der Waals surface area contributed by atoms with Gasteiger partial charge in [0.2, 0.25) is 10.0 Å². The van der Waals surface area contributed by atoms with Gasteiger partial charge in [0.15, 0.2) is 0 Å². The monoisotopic (exact) mass is 311 g/mol. The molecule has 1 unspecified atom stereocenters. The first-order valence-corrected chi connectivity index (χ1v) is 8.28. The van der Waals surface area contributed by atoms with Gasteiger partial charge >= 0.3 is 0 Å². The second-order valence-electron chi connectivity index (χ2n) is 5.07. The van der Waals surface area contributed by atoms with Crippen LogP contribution in [-0.4, -0.2) is 49.8 Å². The molecule has 1 atom stereocenters. The summed E-state index contributed by atoms with van der Waals surface area (Å²) in [6.45, 7) is 6.18. The van der Waals surface area contributed by atoms with E-state index in [0.29, 0.717) is 19.6 Å². The average molecular weight is 311 g/mol. The van der Waals surface area contributed by atoms with E-state index < -0.39 is 21.4 Å². The predicted octanol–water partition coefficient (Wildman–Crippen LogP) is 1.41. The molecule has 0 bridgehead atoms. The number of nitriles is 1. The Hall–Kier alpha value is -1.49. The maximum atomic E-state index is 13.6. The summed E-state index contributed by atoms with van der Waals surface area (Å²) in [5.41, 5.74) is -0.414. The molecule has 1 aliphatic rings. The van der Waals surface area contributed by atoms with Gasteiger partial charge in [0.1, 0.15) is 22.3 Å². The molecule has 114 valence electrons. The Labute approximate surface area is 124 Å². The molecule has 0 amide bonds. The lowest BCUT2D eigenvalue weighted by Gasteiger charge is -2.38. The molecule has 1 saturated heterocycles. The van der Waals surface area contributed by atoms with Crippen LogP contribution >= 0.6 is 0 Å². The minimum Gasteiger partial charge on any atom is -0.298 e. The second kappa shape index (κ2) is 6.10. The largest absolute Gasteiger partial charge is 0.298 e. The van der Waals surface area contributed by atoms with E-state index in [1.807, 2.05) is 13.8 Å². The SMILES string of the molecule is CCN1CCN(S(=O)(=O)c2cccc(F)c2C#N)CC1C. The Morgan fingerprint density at radius 1 is 1.43 bits per heavy atom. The summed E-state index contributed by atoms with van der Waals surface area (Å²) in [5.74, 6) is -0.807. The van der Waals surface area contributed by atoms with Gasteiger partial charge in [0.25, 0.3) is 0 Å². The lowest BCUT2D eigenvalue weighted by atomic mass is 10.2. The molecule has 0 spiro atoms. The van der Waals surface area contributed by atoms with Crippen LogP contribution in [0.5, 0.6) is 0 Å². The van der Waals surface area contributed by atoms with Crippen molar-refractivity contribution >= 4 is 10.0 Å². The predicted molar refractivity (Wildman–Crippen MR) is 76.6 cm³/mol. The van der Waals surface area contributed by atoms with E-state index in [0.717, 1.165) is 12.6 Å². The fourth-order valence-electron chi connectivity index (χ4n) is 2.62. The van der Waals surface area contributed by atoms with Crippen LogP contribution in [0, 0.1) is 17.1 Å². The van der Waals surface area contributed by atoms with Crippen LogP contribution < -0.4 is 0 Å². The summed E-state index contributed by atoms with van der Waals surface area (Å²) >= 11 is 0. The minimum atomic E-state index is -3.85. The Balaban J connectivity index is 2.36. The number of halogens is 1. The fourth-order valence-corrected chi connectivity index (χ4v) is 4.28. The van der Waals surface area contributed by atoms with Gasteiger partial charge in [-0.05, 0) is 25.6 Å². The number of sulfonamides is 1. The Morgan fingerprint density at radius 3 is 2.71 bits per heavy atom. The molecule has 2 rings (SSSR count). The van der Waals surface area contributed by atoms with E-state index in [2.05, 4.69) is 4.90 Å². The molecule has 0 saturated carbocycles. The van der Waals surface area contributed by atoms with E-state index >= 15 is 0 Å². The first-order valence-electron chi connectivity index (χ1n) is 6.84. The topological polar surface area (TPSA) is 64.4 Å². The summed E-state index contributed by atoms with van der Waals surface area (Å²) in [6, 6.07) is 5.44. The van der Waals surface area contributed by atoms with Crippen molar-refractivity contribution in [3.8, 4) is 6.07 Å².